The number of nitriles is 1. The third-order valence-corrected chi connectivity index (χ3v) is 8.23. The number of aliphatic carboxylic acids is 1. The number of fused-ring (bicyclic) bond motifs is 1. The minimum absolute atomic E-state index is 0.0830. The maximum Gasteiger partial charge on any atom is 0.352 e. The predicted octanol–water partition coefficient (Wildman–Crippen LogP) is -0.253. The van der Waals surface area contributed by atoms with Crippen molar-refractivity contribution in [2.75, 3.05) is 23.8 Å². The number of carboxylic acid groups (broad SMARTS) is 1. The number of nitrogens with one attached hydrogen (secondary N) is 1. The van der Waals surface area contributed by atoms with E-state index in [1.165, 1.54) is 39.8 Å². The van der Waals surface area contributed by atoms with Crippen molar-refractivity contribution in [3.05, 3.63) is 22.6 Å². The minimum atomic E-state index is -1.23. The number of β-lactam (4-membered cyclic amide) rings is 1. The summed E-state index contributed by atoms with van der Waals surface area (Å²) in [5.41, 5.74) is 7.25. The number of aromatic nitrogens is 4. The van der Waals surface area contributed by atoms with Crippen molar-refractivity contribution in [3.8, 4) is 6.07 Å². The molecule has 176 valence electrons. The maximum atomic E-state index is 12.9. The van der Waals surface area contributed by atoms with Gasteiger partial charge in [0.05, 0.1) is 0 Å². The number of carbonyl (C=O) groups is 3. The highest BCUT2D eigenvalue weighted by Crippen LogP contribution is 2.41. The van der Waals surface area contributed by atoms with Gasteiger partial charge in [-0.3, -0.25) is 14.5 Å². The molecule has 2 aliphatic rings. The molecular weight excluding hydrogens is 527 g/mol. The Morgan fingerprint density at radius 1 is 1.50 bits per heavy atom. The summed E-state index contributed by atoms with van der Waals surface area (Å²) >= 11 is 4.82. The van der Waals surface area contributed by atoms with Gasteiger partial charge in [0.1, 0.15) is 28.7 Å². The summed E-state index contributed by atoms with van der Waals surface area (Å²) in [6.07, 6.45) is 0. The van der Waals surface area contributed by atoms with Crippen molar-refractivity contribution in [1.29, 1.82) is 5.26 Å². The zero-order valence-corrected chi connectivity index (χ0v) is 20.0. The number of nitrogens with zero attached hydrogens (tertiary/aromatic N) is 7. The molecule has 1 fully saturated rings. The van der Waals surface area contributed by atoms with Gasteiger partial charge in [0, 0.05) is 23.0 Å². The van der Waals surface area contributed by atoms with E-state index in [4.69, 9.17) is 15.8 Å². The van der Waals surface area contributed by atoms with Crippen molar-refractivity contribution in [1.82, 2.24) is 29.8 Å². The molecule has 1 saturated heterocycles. The fourth-order valence-corrected chi connectivity index (χ4v) is 6.43. The summed E-state index contributed by atoms with van der Waals surface area (Å²) in [5.74, 6) is -2.07. The molecule has 34 heavy (non-hydrogen) atoms. The topological polar surface area (TPSA) is 210 Å². The predicted molar refractivity (Wildman–Crippen MR) is 123 cm³/mol. The first-order valence-electron chi connectivity index (χ1n) is 9.17. The number of nitrogen functional groups attached to an aromatic ring is 1. The lowest BCUT2D eigenvalue weighted by Crippen LogP contribution is -2.71. The van der Waals surface area contributed by atoms with E-state index in [0.29, 0.717) is 21.4 Å². The van der Waals surface area contributed by atoms with Crippen molar-refractivity contribution in [2.24, 2.45) is 5.16 Å². The zero-order valence-electron chi connectivity index (χ0n) is 16.8. The lowest BCUT2D eigenvalue weighted by molar-refractivity contribution is -0.150. The lowest BCUT2D eigenvalue weighted by Gasteiger charge is -2.49. The number of carboxylic acids is 1. The van der Waals surface area contributed by atoms with Gasteiger partial charge >= 0.3 is 5.97 Å². The van der Waals surface area contributed by atoms with E-state index in [2.05, 4.69) is 30.0 Å². The number of thioether (sulfide) groups is 2. The van der Waals surface area contributed by atoms with Crippen LogP contribution in [0.15, 0.2) is 26.3 Å². The monoisotopic (exact) mass is 539 g/mol. The molecule has 4 N–H and O–H groups in total. The molecule has 0 aliphatic carbocycles. The molecule has 2 atom stereocenters. The van der Waals surface area contributed by atoms with Gasteiger partial charge in [-0.15, -0.1) is 22.0 Å². The van der Waals surface area contributed by atoms with E-state index >= 15 is 0 Å². The molecular formula is C16H13N9O5S4. The van der Waals surface area contributed by atoms with E-state index in [1.807, 2.05) is 0 Å². The first kappa shape index (κ1) is 23.9. The van der Waals surface area contributed by atoms with Gasteiger partial charge in [0.15, 0.2) is 9.47 Å². The van der Waals surface area contributed by atoms with E-state index in [-0.39, 0.29) is 22.4 Å². The summed E-state index contributed by atoms with van der Waals surface area (Å²) < 4.78 is 4.59. The van der Waals surface area contributed by atoms with Crippen LogP contribution in [-0.4, -0.2) is 82.6 Å². The first-order valence-corrected chi connectivity index (χ1v) is 12.9. The number of nitrogens with two attached hydrogens (primary N) is 1. The number of amides is 2. The highest BCUT2D eigenvalue weighted by atomic mass is 32.2. The SMILES string of the molecule is N#CCON=C(C(=O)NC1C(=O)N2C(C(=O)O)=C(CSc3nncs3)CS[C@H]12)c1nsc(N)n1. The summed E-state index contributed by atoms with van der Waals surface area (Å²) in [7, 11) is 0. The van der Waals surface area contributed by atoms with Crippen LogP contribution in [0.25, 0.3) is 0 Å². The van der Waals surface area contributed by atoms with Crippen molar-refractivity contribution < 1.29 is 24.3 Å². The van der Waals surface area contributed by atoms with Crippen LogP contribution in [0.2, 0.25) is 0 Å². The van der Waals surface area contributed by atoms with E-state index in [0.717, 1.165) is 11.5 Å². The summed E-state index contributed by atoms with van der Waals surface area (Å²) in [6, 6.07) is 0.709. The second-order valence-electron chi connectivity index (χ2n) is 6.44. The molecule has 4 rings (SSSR count). The third-order valence-electron chi connectivity index (χ3n) is 4.40. The van der Waals surface area contributed by atoms with Gasteiger partial charge < -0.3 is 21.0 Å². The molecule has 0 radical (unpaired) electrons. The fourth-order valence-electron chi connectivity index (χ4n) is 3.02. The van der Waals surface area contributed by atoms with Gasteiger partial charge in [-0.1, -0.05) is 28.3 Å². The van der Waals surface area contributed by atoms with Gasteiger partial charge in [-0.05, 0) is 5.57 Å². The molecule has 0 spiro atoms. The number of anilines is 1. The molecule has 0 bridgehead atoms. The van der Waals surface area contributed by atoms with E-state index < -0.39 is 35.8 Å². The molecule has 1 unspecified atom stereocenters. The van der Waals surface area contributed by atoms with Crippen LogP contribution in [0.4, 0.5) is 5.13 Å². The summed E-state index contributed by atoms with van der Waals surface area (Å²) in [5, 5.41) is 31.6. The summed E-state index contributed by atoms with van der Waals surface area (Å²) in [6.45, 7) is -0.421. The second kappa shape index (κ2) is 10.3. The minimum Gasteiger partial charge on any atom is -0.477 e. The Kier molecular flexibility index (Phi) is 7.26. The van der Waals surface area contributed by atoms with Crippen LogP contribution < -0.4 is 11.1 Å². The number of oxime groups is 1. The molecule has 2 aromatic heterocycles. The molecule has 0 aromatic carbocycles. The Morgan fingerprint density at radius 3 is 2.97 bits per heavy atom. The Hall–Kier alpha value is -3.27. The number of carbonyl (C=O) groups excluding carboxylic acids is 2. The Balaban J connectivity index is 1.49. The van der Waals surface area contributed by atoms with Crippen LogP contribution in [-0.2, 0) is 19.2 Å². The van der Waals surface area contributed by atoms with Crippen LogP contribution in [0.3, 0.4) is 0 Å². The normalized spacial score (nSPS) is 19.8. The van der Waals surface area contributed by atoms with Crippen molar-refractivity contribution in [3.63, 3.8) is 0 Å². The highest BCUT2D eigenvalue weighted by molar-refractivity contribution is 8.01. The molecule has 2 amide bonds. The number of hydrogen-bond acceptors (Lipinski definition) is 15. The Morgan fingerprint density at radius 2 is 2.32 bits per heavy atom. The maximum absolute atomic E-state index is 12.9. The van der Waals surface area contributed by atoms with Crippen molar-refractivity contribution >= 4 is 75.0 Å². The van der Waals surface area contributed by atoms with Gasteiger partial charge in [-0.2, -0.15) is 14.6 Å². The molecule has 2 aromatic rings. The van der Waals surface area contributed by atoms with Crippen molar-refractivity contribution in [2.45, 2.75) is 15.8 Å². The lowest BCUT2D eigenvalue weighted by atomic mass is 10.0. The van der Waals surface area contributed by atoms with Crippen LogP contribution in [0.5, 0.6) is 0 Å². The third kappa shape index (κ3) is 4.82. The Bertz CT molecular complexity index is 1220. The quantitative estimate of drug-likeness (QED) is 0.123. The highest BCUT2D eigenvalue weighted by Gasteiger charge is 2.54. The van der Waals surface area contributed by atoms with Crippen LogP contribution in [0, 0.1) is 11.3 Å². The largest absolute Gasteiger partial charge is 0.477 e. The van der Waals surface area contributed by atoms with E-state index in [9.17, 15) is 19.5 Å². The average Bonchev–Trinajstić information content (AvgIpc) is 3.49. The molecule has 14 nitrogen and oxygen atoms in total. The number of rotatable bonds is 9. The molecule has 4 heterocycles. The average molecular weight is 540 g/mol. The first-order chi connectivity index (χ1) is 16.4. The standard InChI is InChI=1S/C16H13N9O5S4/c17-1-2-30-23-7(10-21-15(18)34-24-10)11(26)20-8-12(27)25-9(14(28)29)6(3-31-13(8)25)4-32-16-22-19-5-33-16/h5,8,13H,2-4H2,(H,20,26)(H,28,29)(H2,18,21,24)/t8?,13-/m1/s1. The van der Waals surface area contributed by atoms with Crippen LogP contribution >= 0.6 is 46.4 Å². The van der Waals surface area contributed by atoms with E-state index in [1.54, 1.807) is 11.6 Å². The zero-order chi connectivity index (χ0) is 24.2. The number of hydrogen-bond donors (Lipinski definition) is 3. The smallest absolute Gasteiger partial charge is 0.352 e. The molecule has 0 saturated carbocycles. The van der Waals surface area contributed by atoms with Gasteiger partial charge in [0.25, 0.3) is 11.8 Å². The van der Waals surface area contributed by atoms with Crippen LogP contribution in [0.1, 0.15) is 5.82 Å². The fraction of sp³-hybridized carbons (Fsp3) is 0.312. The molecule has 18 heteroatoms. The Labute approximate surface area is 207 Å². The summed E-state index contributed by atoms with van der Waals surface area (Å²) in [4.78, 5) is 47.5. The second-order valence-corrected chi connectivity index (χ2v) is 10.4. The molecule has 2 aliphatic heterocycles. The van der Waals surface area contributed by atoms with Gasteiger partial charge in [0.2, 0.25) is 18.1 Å². The van der Waals surface area contributed by atoms with Gasteiger partial charge in [-0.25, -0.2) is 4.79 Å².